The molecule has 1 aliphatic heterocycles. The van der Waals surface area contributed by atoms with Crippen LogP contribution in [0.3, 0.4) is 0 Å². The van der Waals surface area contributed by atoms with Crippen LogP contribution < -0.4 is 4.74 Å². The molecule has 24 heavy (non-hydrogen) atoms. The van der Waals surface area contributed by atoms with Crippen LogP contribution >= 0.6 is 0 Å². The molecule has 1 amide bonds. The summed E-state index contributed by atoms with van der Waals surface area (Å²) in [6.07, 6.45) is 3.14. The van der Waals surface area contributed by atoms with Gasteiger partial charge in [0.1, 0.15) is 11.9 Å². The molecule has 1 saturated heterocycles. The maximum Gasteiger partial charge on any atom is 0.228 e. The van der Waals surface area contributed by atoms with E-state index in [2.05, 4.69) is 10.2 Å². The van der Waals surface area contributed by atoms with Crippen molar-refractivity contribution in [1.29, 1.82) is 0 Å². The lowest BCUT2D eigenvalue weighted by atomic mass is 9.91. The zero-order chi connectivity index (χ0) is 16.9. The lowest BCUT2D eigenvalue weighted by Gasteiger charge is -2.33. The summed E-state index contributed by atoms with van der Waals surface area (Å²) in [4.78, 5) is 14.7. The van der Waals surface area contributed by atoms with E-state index in [1.54, 1.807) is 18.2 Å². The van der Waals surface area contributed by atoms with Crippen LogP contribution in [0.25, 0.3) is 0 Å². The second-order valence-electron chi connectivity index (χ2n) is 6.06. The SMILES string of the molecule is COc1ccccc1CN(C)C(=O)[C@@H]1CCCO[C@H]1c1ccn[nH]1. The van der Waals surface area contributed by atoms with Crippen LogP contribution in [0.4, 0.5) is 0 Å². The minimum Gasteiger partial charge on any atom is -0.496 e. The van der Waals surface area contributed by atoms with Crippen LogP contribution in [0.1, 0.15) is 30.2 Å². The Morgan fingerprint density at radius 3 is 3.00 bits per heavy atom. The second-order valence-corrected chi connectivity index (χ2v) is 6.06. The quantitative estimate of drug-likeness (QED) is 0.915. The molecule has 2 aromatic rings. The predicted molar refractivity (Wildman–Crippen MR) is 89.5 cm³/mol. The number of H-pyrrole nitrogens is 1. The third-order valence-electron chi connectivity index (χ3n) is 4.44. The third-order valence-corrected chi connectivity index (χ3v) is 4.44. The van der Waals surface area contributed by atoms with Gasteiger partial charge in [-0.25, -0.2) is 0 Å². The van der Waals surface area contributed by atoms with Crippen LogP contribution in [-0.4, -0.2) is 41.8 Å². The highest BCUT2D eigenvalue weighted by Gasteiger charge is 2.35. The fourth-order valence-electron chi connectivity index (χ4n) is 3.22. The number of benzene rings is 1. The molecule has 1 N–H and O–H groups in total. The van der Waals surface area contributed by atoms with Gasteiger partial charge in [0.2, 0.25) is 5.91 Å². The summed E-state index contributed by atoms with van der Waals surface area (Å²) in [5, 5.41) is 6.91. The molecule has 3 rings (SSSR count). The highest BCUT2D eigenvalue weighted by Crippen LogP contribution is 2.34. The monoisotopic (exact) mass is 329 g/mol. The van der Waals surface area contributed by atoms with Crippen molar-refractivity contribution in [1.82, 2.24) is 15.1 Å². The van der Waals surface area contributed by atoms with Gasteiger partial charge in [-0.15, -0.1) is 0 Å². The van der Waals surface area contributed by atoms with E-state index in [0.717, 1.165) is 29.8 Å². The summed E-state index contributed by atoms with van der Waals surface area (Å²) < 4.78 is 11.2. The molecular formula is C18H23N3O3. The van der Waals surface area contributed by atoms with Gasteiger partial charge in [-0.05, 0) is 25.0 Å². The van der Waals surface area contributed by atoms with Crippen LogP contribution in [0.15, 0.2) is 36.5 Å². The van der Waals surface area contributed by atoms with Crippen molar-refractivity contribution in [2.45, 2.75) is 25.5 Å². The Kier molecular flexibility index (Phi) is 5.15. The first kappa shape index (κ1) is 16.5. The molecule has 1 aliphatic rings. The molecule has 0 radical (unpaired) electrons. The Hall–Kier alpha value is -2.34. The predicted octanol–water partition coefficient (Wildman–Crippen LogP) is 2.54. The molecule has 0 bridgehead atoms. The number of nitrogens with zero attached hydrogens (tertiary/aromatic N) is 2. The van der Waals surface area contributed by atoms with Gasteiger partial charge in [-0.3, -0.25) is 9.89 Å². The van der Waals surface area contributed by atoms with Crippen molar-refractivity contribution >= 4 is 5.91 Å². The first-order valence-corrected chi connectivity index (χ1v) is 8.18. The number of aromatic amines is 1. The molecule has 1 aromatic carbocycles. The maximum atomic E-state index is 13.0. The van der Waals surface area contributed by atoms with E-state index < -0.39 is 0 Å². The van der Waals surface area contributed by atoms with Gasteiger partial charge in [0, 0.05) is 32.0 Å². The smallest absolute Gasteiger partial charge is 0.228 e. The lowest BCUT2D eigenvalue weighted by Crippen LogP contribution is -2.38. The molecule has 128 valence electrons. The summed E-state index contributed by atoms with van der Waals surface area (Å²) in [5.41, 5.74) is 1.85. The molecule has 0 aliphatic carbocycles. The average molecular weight is 329 g/mol. The topological polar surface area (TPSA) is 67.4 Å². The second kappa shape index (κ2) is 7.49. The molecule has 2 atom stereocenters. The van der Waals surface area contributed by atoms with Gasteiger partial charge < -0.3 is 14.4 Å². The Labute approximate surface area is 141 Å². The molecule has 1 fully saturated rings. The number of nitrogens with one attached hydrogen (secondary N) is 1. The zero-order valence-corrected chi connectivity index (χ0v) is 14.1. The van der Waals surface area contributed by atoms with Crippen LogP contribution in [0, 0.1) is 5.92 Å². The molecule has 1 aromatic heterocycles. The van der Waals surface area contributed by atoms with Crippen molar-refractivity contribution in [2.75, 3.05) is 20.8 Å². The number of para-hydroxylation sites is 1. The number of amides is 1. The first-order valence-electron chi connectivity index (χ1n) is 8.18. The van der Waals surface area contributed by atoms with E-state index in [1.807, 2.05) is 37.4 Å². The first-order chi connectivity index (χ1) is 11.7. The zero-order valence-electron chi connectivity index (χ0n) is 14.1. The van der Waals surface area contributed by atoms with E-state index in [-0.39, 0.29) is 17.9 Å². The Morgan fingerprint density at radius 1 is 1.42 bits per heavy atom. The van der Waals surface area contributed by atoms with Crippen molar-refractivity contribution in [2.24, 2.45) is 5.92 Å². The van der Waals surface area contributed by atoms with Gasteiger partial charge in [0.25, 0.3) is 0 Å². The fraction of sp³-hybridized carbons (Fsp3) is 0.444. The van der Waals surface area contributed by atoms with E-state index >= 15 is 0 Å². The lowest BCUT2D eigenvalue weighted by molar-refractivity contribution is -0.145. The van der Waals surface area contributed by atoms with Crippen molar-refractivity contribution in [3.8, 4) is 5.75 Å². The number of carbonyl (C=O) groups is 1. The third kappa shape index (κ3) is 3.43. The molecular weight excluding hydrogens is 306 g/mol. The molecule has 0 unspecified atom stereocenters. The van der Waals surface area contributed by atoms with Crippen LogP contribution in [0.5, 0.6) is 5.75 Å². The highest BCUT2D eigenvalue weighted by molar-refractivity contribution is 5.79. The van der Waals surface area contributed by atoms with E-state index in [0.29, 0.717) is 13.2 Å². The Morgan fingerprint density at radius 2 is 2.25 bits per heavy atom. The van der Waals surface area contributed by atoms with Crippen LogP contribution in [-0.2, 0) is 16.1 Å². The molecule has 6 heteroatoms. The van der Waals surface area contributed by atoms with Crippen molar-refractivity contribution < 1.29 is 14.3 Å². The normalized spacial score (nSPS) is 20.6. The van der Waals surface area contributed by atoms with E-state index in [1.165, 1.54) is 0 Å². The van der Waals surface area contributed by atoms with Gasteiger partial charge in [0.15, 0.2) is 0 Å². The maximum absolute atomic E-state index is 13.0. The Balaban J connectivity index is 1.74. The minimum absolute atomic E-state index is 0.0835. The summed E-state index contributed by atoms with van der Waals surface area (Å²) in [6.45, 7) is 1.18. The van der Waals surface area contributed by atoms with E-state index in [9.17, 15) is 4.79 Å². The summed E-state index contributed by atoms with van der Waals surface area (Å²) in [7, 11) is 3.47. The summed E-state index contributed by atoms with van der Waals surface area (Å²) in [6, 6.07) is 9.63. The number of hydrogen-bond acceptors (Lipinski definition) is 4. The number of methoxy groups -OCH3 is 1. The summed E-state index contributed by atoms with van der Waals surface area (Å²) in [5.74, 6) is 0.682. The standard InChI is InChI=1S/C18H23N3O3/c1-21(12-13-6-3-4-8-16(13)23-2)18(22)14-7-5-11-24-17(14)15-9-10-19-20-15/h3-4,6,8-10,14,17H,5,7,11-12H2,1-2H3,(H,19,20)/t14-,17-/m1/s1. The van der Waals surface area contributed by atoms with Gasteiger partial charge in [-0.2, -0.15) is 5.10 Å². The van der Waals surface area contributed by atoms with Gasteiger partial charge >= 0.3 is 0 Å². The van der Waals surface area contributed by atoms with Crippen molar-refractivity contribution in [3.63, 3.8) is 0 Å². The number of aromatic nitrogens is 2. The average Bonchev–Trinajstić information content (AvgIpc) is 3.16. The molecule has 2 heterocycles. The largest absolute Gasteiger partial charge is 0.496 e. The summed E-state index contributed by atoms with van der Waals surface area (Å²) >= 11 is 0. The molecule has 6 nitrogen and oxygen atoms in total. The van der Waals surface area contributed by atoms with Gasteiger partial charge in [0.05, 0.1) is 18.7 Å². The highest BCUT2D eigenvalue weighted by atomic mass is 16.5. The minimum atomic E-state index is -0.256. The molecule has 0 saturated carbocycles. The fourth-order valence-corrected chi connectivity index (χ4v) is 3.22. The number of ether oxygens (including phenoxy) is 2. The van der Waals surface area contributed by atoms with Crippen molar-refractivity contribution in [3.05, 3.63) is 47.8 Å². The molecule has 0 spiro atoms. The van der Waals surface area contributed by atoms with Crippen LogP contribution in [0.2, 0.25) is 0 Å². The number of hydrogen-bond donors (Lipinski definition) is 1. The van der Waals surface area contributed by atoms with Gasteiger partial charge in [-0.1, -0.05) is 18.2 Å². The Bertz CT molecular complexity index is 672. The van der Waals surface area contributed by atoms with E-state index in [4.69, 9.17) is 9.47 Å². The number of rotatable bonds is 5. The number of carbonyl (C=O) groups excluding carboxylic acids is 1.